The molecule has 1 unspecified atom stereocenters. The number of hydrogen-bond donors (Lipinski definition) is 4. The van der Waals surface area contributed by atoms with E-state index in [2.05, 4.69) is 4.98 Å². The summed E-state index contributed by atoms with van der Waals surface area (Å²) >= 11 is 6.24. The third kappa shape index (κ3) is 4.67. The maximum atomic E-state index is 13.3. The summed E-state index contributed by atoms with van der Waals surface area (Å²) in [5.41, 5.74) is 0.0372. The summed E-state index contributed by atoms with van der Waals surface area (Å²) in [4.78, 5) is 27.4. The number of rotatable bonds is 4. The zero-order chi connectivity index (χ0) is 20.4. The number of aryl methyl sites for hydroxylation is 1. The second-order valence-electron chi connectivity index (χ2n) is 5.49. The molecule has 0 saturated carbocycles. The van der Waals surface area contributed by atoms with Gasteiger partial charge in [0.2, 0.25) is 11.5 Å². The molecule has 0 radical (unpaired) electrons. The lowest BCUT2D eigenvalue weighted by Crippen LogP contribution is -2.49. The monoisotopic (exact) mass is 423 g/mol. The van der Waals surface area contributed by atoms with Crippen LogP contribution in [0.25, 0.3) is 0 Å². The van der Waals surface area contributed by atoms with Crippen LogP contribution < -0.4 is 10.9 Å². The van der Waals surface area contributed by atoms with E-state index in [1.807, 2.05) is 5.43 Å². The standard InChI is InChI=1S/C15H13ClF3N3O4S/c1-7-6-27-13(20-7)14(26,15(17,18)19)5-11(24)21-22-12(25)9-4-8(16)2-3-10(9)23/h2-4,6,23,26H,5H2,1H3,(H,21,24)(H,22,25). The first-order valence-corrected chi connectivity index (χ1v) is 8.49. The van der Waals surface area contributed by atoms with E-state index >= 15 is 0 Å². The van der Waals surface area contributed by atoms with Crippen molar-refractivity contribution in [1.29, 1.82) is 0 Å². The minimum atomic E-state index is -5.18. The minimum absolute atomic E-state index is 0.120. The van der Waals surface area contributed by atoms with Crippen molar-refractivity contribution < 1.29 is 33.0 Å². The number of carbonyl (C=O) groups is 2. The lowest BCUT2D eigenvalue weighted by Gasteiger charge is -2.27. The molecular formula is C15H13ClF3N3O4S. The van der Waals surface area contributed by atoms with Gasteiger partial charge in [0.05, 0.1) is 12.0 Å². The van der Waals surface area contributed by atoms with Crippen LogP contribution >= 0.6 is 22.9 Å². The van der Waals surface area contributed by atoms with Gasteiger partial charge in [-0.25, -0.2) is 4.98 Å². The van der Waals surface area contributed by atoms with Crippen molar-refractivity contribution in [3.05, 3.63) is 44.9 Å². The number of amides is 2. The highest BCUT2D eigenvalue weighted by atomic mass is 35.5. The van der Waals surface area contributed by atoms with Crippen LogP contribution in [-0.2, 0) is 10.4 Å². The van der Waals surface area contributed by atoms with Crippen molar-refractivity contribution in [2.24, 2.45) is 0 Å². The number of benzene rings is 1. The molecule has 146 valence electrons. The Labute approximate surface area is 159 Å². The molecule has 1 aromatic heterocycles. The van der Waals surface area contributed by atoms with Gasteiger partial charge >= 0.3 is 6.18 Å². The van der Waals surface area contributed by atoms with Gasteiger partial charge in [0.25, 0.3) is 5.91 Å². The molecule has 1 heterocycles. The number of aromatic hydroxyl groups is 1. The van der Waals surface area contributed by atoms with Crippen molar-refractivity contribution >= 4 is 34.8 Å². The summed E-state index contributed by atoms with van der Waals surface area (Å²) in [5.74, 6) is -2.78. The van der Waals surface area contributed by atoms with Gasteiger partial charge in [-0.15, -0.1) is 11.3 Å². The molecular weight excluding hydrogens is 411 g/mol. The Kier molecular flexibility index (Phi) is 5.97. The molecule has 0 bridgehead atoms. The third-order valence-electron chi connectivity index (χ3n) is 3.38. The number of phenolic OH excluding ortho intramolecular Hbond substituents is 1. The predicted molar refractivity (Wildman–Crippen MR) is 90.1 cm³/mol. The fraction of sp³-hybridized carbons (Fsp3) is 0.267. The number of halogens is 4. The Morgan fingerprint density at radius 1 is 1.30 bits per heavy atom. The molecule has 1 aromatic carbocycles. The number of thiazole rings is 1. The number of hydrazine groups is 1. The number of nitrogens with one attached hydrogen (secondary N) is 2. The largest absolute Gasteiger partial charge is 0.507 e. The fourth-order valence-corrected chi connectivity index (χ4v) is 3.09. The van der Waals surface area contributed by atoms with E-state index in [1.54, 1.807) is 5.43 Å². The minimum Gasteiger partial charge on any atom is -0.507 e. The van der Waals surface area contributed by atoms with Crippen LogP contribution in [0.1, 0.15) is 27.5 Å². The average molecular weight is 424 g/mol. The molecule has 0 saturated heterocycles. The van der Waals surface area contributed by atoms with Crippen LogP contribution in [0.4, 0.5) is 13.2 Å². The first kappa shape index (κ1) is 20.9. The van der Waals surface area contributed by atoms with E-state index in [-0.39, 0.29) is 16.3 Å². The van der Waals surface area contributed by atoms with E-state index < -0.39 is 40.8 Å². The number of alkyl halides is 3. The van der Waals surface area contributed by atoms with Gasteiger partial charge in [-0.3, -0.25) is 20.4 Å². The molecule has 0 spiro atoms. The molecule has 2 aromatic rings. The maximum absolute atomic E-state index is 13.3. The SMILES string of the molecule is Cc1csc(C(O)(CC(=O)NNC(=O)c2cc(Cl)ccc2O)C(F)(F)F)n1. The Balaban J connectivity index is 2.10. The lowest BCUT2D eigenvalue weighted by atomic mass is 9.99. The van der Waals surface area contributed by atoms with E-state index in [1.165, 1.54) is 18.4 Å². The van der Waals surface area contributed by atoms with Gasteiger partial charge in [0.1, 0.15) is 10.8 Å². The number of aliphatic hydroxyl groups is 1. The van der Waals surface area contributed by atoms with Crippen LogP contribution in [-0.4, -0.2) is 33.2 Å². The Morgan fingerprint density at radius 3 is 2.52 bits per heavy atom. The number of hydrogen-bond acceptors (Lipinski definition) is 6. The Morgan fingerprint density at radius 2 is 1.96 bits per heavy atom. The zero-order valence-electron chi connectivity index (χ0n) is 13.6. The molecule has 4 N–H and O–H groups in total. The zero-order valence-corrected chi connectivity index (χ0v) is 15.2. The first-order valence-electron chi connectivity index (χ1n) is 7.23. The smallest absolute Gasteiger partial charge is 0.424 e. The summed E-state index contributed by atoms with van der Waals surface area (Å²) in [6.07, 6.45) is -6.60. The lowest BCUT2D eigenvalue weighted by molar-refractivity contribution is -0.267. The molecule has 0 aliphatic rings. The highest BCUT2D eigenvalue weighted by molar-refractivity contribution is 7.09. The van der Waals surface area contributed by atoms with Crippen LogP contribution in [0.3, 0.4) is 0 Å². The van der Waals surface area contributed by atoms with E-state index in [9.17, 15) is 33.0 Å². The summed E-state index contributed by atoms with van der Waals surface area (Å²) in [6, 6.07) is 3.54. The average Bonchev–Trinajstić information content (AvgIpc) is 3.00. The van der Waals surface area contributed by atoms with Gasteiger partial charge in [-0.1, -0.05) is 11.6 Å². The summed E-state index contributed by atoms with van der Waals surface area (Å²) in [5, 5.41) is 20.4. The fourth-order valence-electron chi connectivity index (χ4n) is 2.00. The molecule has 0 fully saturated rings. The van der Waals surface area contributed by atoms with Crippen molar-refractivity contribution in [1.82, 2.24) is 15.8 Å². The molecule has 0 aliphatic heterocycles. The van der Waals surface area contributed by atoms with Crippen molar-refractivity contribution in [2.75, 3.05) is 0 Å². The van der Waals surface area contributed by atoms with Crippen LogP contribution in [0.5, 0.6) is 5.75 Å². The van der Waals surface area contributed by atoms with Crippen LogP contribution in [0, 0.1) is 6.92 Å². The summed E-state index contributed by atoms with van der Waals surface area (Å²) in [6.45, 7) is 1.44. The Bertz CT molecular complexity index is 874. The van der Waals surface area contributed by atoms with E-state index in [0.29, 0.717) is 11.3 Å². The molecule has 2 rings (SSSR count). The van der Waals surface area contributed by atoms with Crippen molar-refractivity contribution in [3.8, 4) is 5.75 Å². The van der Waals surface area contributed by atoms with Gasteiger partial charge < -0.3 is 10.2 Å². The first-order chi connectivity index (χ1) is 12.4. The maximum Gasteiger partial charge on any atom is 0.424 e. The quantitative estimate of drug-likeness (QED) is 0.564. The van der Waals surface area contributed by atoms with Crippen molar-refractivity contribution in [3.63, 3.8) is 0 Å². The number of nitrogens with zero attached hydrogens (tertiary/aromatic N) is 1. The van der Waals surface area contributed by atoms with Crippen LogP contribution in [0.15, 0.2) is 23.6 Å². The summed E-state index contributed by atoms with van der Waals surface area (Å²) < 4.78 is 40.0. The number of aromatic nitrogens is 1. The second kappa shape index (κ2) is 7.71. The molecule has 7 nitrogen and oxygen atoms in total. The van der Waals surface area contributed by atoms with Gasteiger partial charge in [0.15, 0.2) is 0 Å². The van der Waals surface area contributed by atoms with Gasteiger partial charge in [0, 0.05) is 16.1 Å². The van der Waals surface area contributed by atoms with Gasteiger partial charge in [-0.2, -0.15) is 13.2 Å². The highest BCUT2D eigenvalue weighted by Gasteiger charge is 2.58. The third-order valence-corrected chi connectivity index (χ3v) is 4.72. The second-order valence-corrected chi connectivity index (χ2v) is 6.79. The number of phenols is 1. The molecule has 2 amide bonds. The molecule has 12 heteroatoms. The predicted octanol–water partition coefficient (Wildman–Crippen LogP) is 2.41. The topological polar surface area (TPSA) is 112 Å². The van der Waals surface area contributed by atoms with Crippen molar-refractivity contribution in [2.45, 2.75) is 25.1 Å². The Hall–Kier alpha value is -2.37. The highest BCUT2D eigenvalue weighted by Crippen LogP contribution is 2.42. The molecule has 0 aliphatic carbocycles. The van der Waals surface area contributed by atoms with Gasteiger partial charge in [-0.05, 0) is 25.1 Å². The molecule has 27 heavy (non-hydrogen) atoms. The van der Waals surface area contributed by atoms with Crippen LogP contribution in [0.2, 0.25) is 5.02 Å². The number of carbonyl (C=O) groups excluding carboxylic acids is 2. The normalized spacial score (nSPS) is 13.7. The summed E-state index contributed by atoms with van der Waals surface area (Å²) in [7, 11) is 0. The van der Waals surface area contributed by atoms with E-state index in [4.69, 9.17) is 11.6 Å². The van der Waals surface area contributed by atoms with E-state index in [0.717, 1.165) is 12.1 Å². The molecule has 1 atom stereocenters.